The van der Waals surface area contributed by atoms with Gasteiger partial charge in [0.25, 0.3) is 5.91 Å². The first-order valence-corrected chi connectivity index (χ1v) is 6.97. The zero-order valence-corrected chi connectivity index (χ0v) is 13.3. The van der Waals surface area contributed by atoms with Crippen molar-refractivity contribution in [1.82, 2.24) is 5.32 Å². The summed E-state index contributed by atoms with van der Waals surface area (Å²) in [6, 6.07) is 4.43. The molecule has 1 atom stereocenters. The van der Waals surface area contributed by atoms with E-state index in [-0.39, 0.29) is 17.7 Å². The van der Waals surface area contributed by atoms with Gasteiger partial charge in [-0.3, -0.25) is 9.59 Å². The van der Waals surface area contributed by atoms with Crippen LogP contribution in [0.2, 0.25) is 0 Å². The number of benzene rings is 1. The zero-order valence-electron chi connectivity index (χ0n) is 11.7. The lowest BCUT2D eigenvalue weighted by Crippen LogP contribution is -2.45. The van der Waals surface area contributed by atoms with Gasteiger partial charge in [0, 0.05) is 21.8 Å². The Morgan fingerprint density at radius 1 is 1.35 bits per heavy atom. The molecule has 0 bridgehead atoms. The van der Waals surface area contributed by atoms with Crippen LogP contribution in [-0.4, -0.2) is 23.0 Å². The number of nitrogen functional groups attached to an aromatic ring is 1. The van der Waals surface area contributed by atoms with Gasteiger partial charge in [-0.2, -0.15) is 0 Å². The first-order valence-electron chi connectivity index (χ1n) is 6.18. The van der Waals surface area contributed by atoms with E-state index in [0.717, 1.165) is 0 Å². The van der Waals surface area contributed by atoms with Crippen molar-refractivity contribution < 1.29 is 14.7 Å². The van der Waals surface area contributed by atoms with E-state index in [9.17, 15) is 9.59 Å². The molecule has 5 nitrogen and oxygen atoms in total. The number of hydrogen-bond donors (Lipinski definition) is 3. The maximum Gasteiger partial charge on any atom is 0.305 e. The Kier molecular flexibility index (Phi) is 5.16. The van der Waals surface area contributed by atoms with Crippen LogP contribution in [0, 0.1) is 5.41 Å². The van der Waals surface area contributed by atoms with E-state index in [2.05, 4.69) is 21.2 Å². The summed E-state index contributed by atoms with van der Waals surface area (Å²) in [7, 11) is 0. The minimum Gasteiger partial charge on any atom is -0.481 e. The molecule has 6 heteroatoms. The van der Waals surface area contributed by atoms with Gasteiger partial charge >= 0.3 is 5.97 Å². The van der Waals surface area contributed by atoms with E-state index < -0.39 is 12.0 Å². The Bertz CT molecular complexity index is 503. The SMILES string of the molecule is CC(C)(C)C(CC(=O)O)NC(=O)c1cc(N)cc(Br)c1. The predicted octanol–water partition coefficient (Wildman–Crippen LogP) is 2.65. The molecule has 0 saturated carbocycles. The van der Waals surface area contributed by atoms with Crippen LogP contribution in [0.1, 0.15) is 37.6 Å². The number of anilines is 1. The summed E-state index contributed by atoms with van der Waals surface area (Å²) in [5.74, 6) is -1.28. The number of carboxylic acid groups (broad SMARTS) is 1. The van der Waals surface area contributed by atoms with Crippen LogP contribution in [0.15, 0.2) is 22.7 Å². The highest BCUT2D eigenvalue weighted by Crippen LogP contribution is 2.23. The molecule has 4 N–H and O–H groups in total. The standard InChI is InChI=1S/C14H19BrN2O3/c1-14(2,3)11(7-12(18)19)17-13(20)8-4-9(15)6-10(16)5-8/h4-6,11H,7,16H2,1-3H3,(H,17,20)(H,18,19). The van der Waals surface area contributed by atoms with E-state index in [4.69, 9.17) is 10.8 Å². The van der Waals surface area contributed by atoms with E-state index in [0.29, 0.717) is 15.7 Å². The first kappa shape index (κ1) is 16.5. The van der Waals surface area contributed by atoms with Gasteiger partial charge in [0.1, 0.15) is 0 Å². The Hall–Kier alpha value is -1.56. The van der Waals surface area contributed by atoms with Crippen LogP contribution >= 0.6 is 15.9 Å². The van der Waals surface area contributed by atoms with Crippen molar-refractivity contribution in [3.05, 3.63) is 28.2 Å². The minimum absolute atomic E-state index is 0.126. The van der Waals surface area contributed by atoms with Crippen LogP contribution in [0.3, 0.4) is 0 Å². The molecule has 0 aliphatic carbocycles. The van der Waals surface area contributed by atoms with Gasteiger partial charge in [0.05, 0.1) is 6.42 Å². The lowest BCUT2D eigenvalue weighted by molar-refractivity contribution is -0.138. The van der Waals surface area contributed by atoms with E-state index in [1.165, 1.54) is 0 Å². The molecule has 0 aliphatic rings. The third-order valence-electron chi connectivity index (χ3n) is 2.91. The fraction of sp³-hybridized carbons (Fsp3) is 0.429. The Morgan fingerprint density at radius 2 is 1.95 bits per heavy atom. The largest absolute Gasteiger partial charge is 0.481 e. The monoisotopic (exact) mass is 342 g/mol. The Balaban J connectivity index is 2.93. The number of carbonyl (C=O) groups excluding carboxylic acids is 1. The lowest BCUT2D eigenvalue weighted by Gasteiger charge is -2.30. The van der Waals surface area contributed by atoms with E-state index in [1.54, 1.807) is 18.2 Å². The molecule has 0 fully saturated rings. The predicted molar refractivity (Wildman–Crippen MR) is 81.5 cm³/mol. The lowest BCUT2D eigenvalue weighted by atomic mass is 9.84. The average Bonchev–Trinajstić information content (AvgIpc) is 2.24. The number of rotatable bonds is 4. The highest BCUT2D eigenvalue weighted by molar-refractivity contribution is 9.10. The van der Waals surface area contributed by atoms with Crippen molar-refractivity contribution in [2.75, 3.05) is 5.73 Å². The number of hydrogen-bond acceptors (Lipinski definition) is 3. The molecule has 1 amide bonds. The number of nitrogens with two attached hydrogens (primary N) is 1. The summed E-state index contributed by atoms with van der Waals surface area (Å²) in [4.78, 5) is 23.1. The van der Waals surface area contributed by atoms with Gasteiger partial charge in [-0.25, -0.2) is 0 Å². The van der Waals surface area contributed by atoms with Gasteiger partial charge in [-0.15, -0.1) is 0 Å². The highest BCUT2D eigenvalue weighted by atomic mass is 79.9. The van der Waals surface area contributed by atoms with Crippen molar-refractivity contribution in [3.63, 3.8) is 0 Å². The summed E-state index contributed by atoms with van der Waals surface area (Å²) in [5.41, 5.74) is 6.20. The summed E-state index contributed by atoms with van der Waals surface area (Å²) in [5, 5.41) is 11.7. The molecule has 0 aromatic heterocycles. The number of aliphatic carboxylic acids is 1. The molecular formula is C14H19BrN2O3. The molecule has 1 aromatic rings. The molecule has 20 heavy (non-hydrogen) atoms. The highest BCUT2D eigenvalue weighted by Gasteiger charge is 2.28. The smallest absolute Gasteiger partial charge is 0.305 e. The number of amides is 1. The van der Waals surface area contributed by atoms with Crippen molar-refractivity contribution in [2.24, 2.45) is 5.41 Å². The zero-order chi connectivity index (χ0) is 15.5. The van der Waals surface area contributed by atoms with Crippen molar-refractivity contribution in [1.29, 1.82) is 0 Å². The van der Waals surface area contributed by atoms with Crippen LogP contribution < -0.4 is 11.1 Å². The third-order valence-corrected chi connectivity index (χ3v) is 3.37. The summed E-state index contributed by atoms with van der Waals surface area (Å²) in [6.07, 6.45) is -0.126. The van der Waals surface area contributed by atoms with Gasteiger partial charge in [-0.05, 0) is 23.6 Å². The molecule has 0 radical (unpaired) electrons. The van der Waals surface area contributed by atoms with Crippen molar-refractivity contribution >= 4 is 33.5 Å². The summed E-state index contributed by atoms with van der Waals surface area (Å²) >= 11 is 3.27. The van der Waals surface area contributed by atoms with Crippen molar-refractivity contribution in [2.45, 2.75) is 33.2 Å². The number of carbonyl (C=O) groups is 2. The third kappa shape index (κ3) is 4.85. The maximum atomic E-state index is 12.2. The molecule has 110 valence electrons. The molecule has 1 aromatic carbocycles. The molecule has 0 spiro atoms. The van der Waals surface area contributed by atoms with Gasteiger partial charge in [0.2, 0.25) is 0 Å². The maximum absolute atomic E-state index is 12.2. The molecular weight excluding hydrogens is 324 g/mol. The fourth-order valence-electron chi connectivity index (χ4n) is 1.73. The molecule has 0 aliphatic heterocycles. The molecule has 1 rings (SSSR count). The van der Waals surface area contributed by atoms with E-state index >= 15 is 0 Å². The Labute approximate surface area is 126 Å². The van der Waals surface area contributed by atoms with Gasteiger partial charge in [0.15, 0.2) is 0 Å². The van der Waals surface area contributed by atoms with E-state index in [1.807, 2.05) is 20.8 Å². The van der Waals surface area contributed by atoms with Gasteiger partial charge in [-0.1, -0.05) is 36.7 Å². The number of nitrogens with one attached hydrogen (secondary N) is 1. The topological polar surface area (TPSA) is 92.4 Å². The van der Waals surface area contributed by atoms with Crippen LogP contribution in [0.4, 0.5) is 5.69 Å². The second-order valence-corrected chi connectivity index (χ2v) is 6.68. The first-order chi connectivity index (χ1) is 9.09. The molecule has 1 unspecified atom stereocenters. The molecule has 0 saturated heterocycles. The fourth-order valence-corrected chi connectivity index (χ4v) is 2.24. The van der Waals surface area contributed by atoms with Crippen LogP contribution in [0.5, 0.6) is 0 Å². The quantitative estimate of drug-likeness (QED) is 0.733. The minimum atomic E-state index is -0.945. The summed E-state index contributed by atoms with van der Waals surface area (Å²) in [6.45, 7) is 5.66. The van der Waals surface area contributed by atoms with Crippen LogP contribution in [-0.2, 0) is 4.79 Å². The summed E-state index contributed by atoms with van der Waals surface area (Å²) < 4.78 is 0.702. The second-order valence-electron chi connectivity index (χ2n) is 5.76. The Morgan fingerprint density at radius 3 is 2.40 bits per heavy atom. The molecule has 0 heterocycles. The number of carboxylic acids is 1. The average molecular weight is 343 g/mol. The second kappa shape index (κ2) is 6.26. The van der Waals surface area contributed by atoms with Gasteiger partial charge < -0.3 is 16.2 Å². The van der Waals surface area contributed by atoms with Crippen LogP contribution in [0.25, 0.3) is 0 Å². The number of halogens is 1. The van der Waals surface area contributed by atoms with Crippen molar-refractivity contribution in [3.8, 4) is 0 Å². The normalized spacial score (nSPS) is 12.8.